The number of anilines is 1. The smallest absolute Gasteiger partial charge is 0.285 e. The van der Waals surface area contributed by atoms with E-state index in [1.54, 1.807) is 67.7 Å². The fourth-order valence-corrected chi connectivity index (χ4v) is 3.98. The highest BCUT2D eigenvalue weighted by atomic mass is 35.5. The van der Waals surface area contributed by atoms with Crippen molar-refractivity contribution in [1.29, 1.82) is 5.41 Å². The molecule has 8 heteroatoms. The fraction of sp³-hybridized carbons (Fsp3) is 0.286. The number of para-hydroxylation sites is 1. The molecule has 5 nitrogen and oxygen atoms in total. The van der Waals surface area contributed by atoms with Gasteiger partial charge in [0.1, 0.15) is 0 Å². The van der Waals surface area contributed by atoms with Crippen molar-refractivity contribution in [2.75, 3.05) is 18.9 Å². The van der Waals surface area contributed by atoms with E-state index in [1.807, 2.05) is 18.2 Å². The van der Waals surface area contributed by atoms with Gasteiger partial charge in [0.25, 0.3) is 11.8 Å². The Labute approximate surface area is 215 Å². The number of hydrogen-bond acceptors (Lipinski definition) is 4. The predicted molar refractivity (Wildman–Crippen MR) is 140 cm³/mol. The average molecular weight is 514 g/mol. The van der Waals surface area contributed by atoms with Crippen LogP contribution in [0.15, 0.2) is 78.9 Å². The van der Waals surface area contributed by atoms with Crippen LogP contribution in [0.5, 0.6) is 0 Å². The Hall–Kier alpha value is -3.29. The third-order valence-electron chi connectivity index (χ3n) is 6.04. The molecule has 0 spiro atoms. The Morgan fingerprint density at radius 2 is 1.64 bits per heavy atom. The van der Waals surface area contributed by atoms with Crippen molar-refractivity contribution in [2.45, 2.75) is 37.8 Å². The van der Waals surface area contributed by atoms with Crippen LogP contribution in [0.1, 0.15) is 53.4 Å². The molecule has 3 aromatic carbocycles. The molecule has 2 atom stereocenters. The molecule has 0 fully saturated rings. The number of rotatable bonds is 11. The highest BCUT2D eigenvalue weighted by Gasteiger charge is 2.34. The van der Waals surface area contributed by atoms with Crippen LogP contribution >= 0.6 is 11.6 Å². The molecule has 3 rings (SSSR count). The molecule has 1 amide bonds. The minimum absolute atomic E-state index is 0.116. The molecule has 0 saturated heterocycles. The molecule has 0 aliphatic carbocycles. The van der Waals surface area contributed by atoms with Crippen LogP contribution in [0.25, 0.3) is 0 Å². The molecule has 3 N–H and O–H groups in total. The third kappa shape index (κ3) is 6.89. The maximum absolute atomic E-state index is 14.2. The number of hydrogen-bond donors (Lipinski definition) is 3. The fourth-order valence-electron chi connectivity index (χ4n) is 3.79. The minimum atomic E-state index is -3.21. The molecule has 0 aliphatic heterocycles. The van der Waals surface area contributed by atoms with Crippen molar-refractivity contribution in [2.24, 2.45) is 0 Å². The largest absolute Gasteiger partial charge is 0.387 e. The number of benzene rings is 3. The molecular formula is C28H30ClF2N3O2. The summed E-state index contributed by atoms with van der Waals surface area (Å²) in [6.07, 6.45) is -1.52. The van der Waals surface area contributed by atoms with Crippen LogP contribution in [-0.4, -0.2) is 41.1 Å². The summed E-state index contributed by atoms with van der Waals surface area (Å²) in [4.78, 5) is 14.4. The summed E-state index contributed by atoms with van der Waals surface area (Å²) in [6, 6.07) is 22.0. The van der Waals surface area contributed by atoms with E-state index < -0.39 is 30.2 Å². The predicted octanol–water partition coefficient (Wildman–Crippen LogP) is 6.75. The summed E-state index contributed by atoms with van der Waals surface area (Å²) < 4.78 is 28.4. The lowest BCUT2D eigenvalue weighted by atomic mass is 9.96. The normalized spacial score (nSPS) is 13.1. The number of likely N-dealkylation sites (N-methyl/N-ethyl adjacent to an activating group) is 1. The van der Waals surface area contributed by atoms with Gasteiger partial charge in [-0.15, -0.1) is 0 Å². The Kier molecular flexibility index (Phi) is 9.18. The van der Waals surface area contributed by atoms with Crippen LogP contribution in [-0.2, 0) is 0 Å². The van der Waals surface area contributed by atoms with E-state index in [1.165, 1.54) is 11.8 Å². The summed E-state index contributed by atoms with van der Waals surface area (Å²) in [5.41, 5.74) is 1.63. The number of carbonyl (C=O) groups excluding carboxylic acids is 1. The first-order valence-electron chi connectivity index (χ1n) is 11.7. The molecule has 36 heavy (non-hydrogen) atoms. The summed E-state index contributed by atoms with van der Waals surface area (Å²) in [5, 5.41) is 22.0. The van der Waals surface area contributed by atoms with Crippen molar-refractivity contribution < 1.29 is 18.7 Å². The van der Waals surface area contributed by atoms with Gasteiger partial charge in [-0.2, -0.15) is 0 Å². The summed E-state index contributed by atoms with van der Waals surface area (Å²) >= 11 is 6.26. The summed E-state index contributed by atoms with van der Waals surface area (Å²) in [5.74, 6) is -3.49. The van der Waals surface area contributed by atoms with Gasteiger partial charge < -0.3 is 20.7 Å². The van der Waals surface area contributed by atoms with E-state index in [-0.39, 0.29) is 18.9 Å². The average Bonchev–Trinajstić information content (AvgIpc) is 2.89. The molecular weight excluding hydrogens is 484 g/mol. The third-order valence-corrected chi connectivity index (χ3v) is 6.36. The van der Waals surface area contributed by atoms with Gasteiger partial charge in [-0.05, 0) is 35.4 Å². The van der Waals surface area contributed by atoms with E-state index in [0.717, 1.165) is 0 Å². The Morgan fingerprint density at radius 1 is 1.03 bits per heavy atom. The standard InChI is InChI=1S/C28H30ClF2N3O2/c1-3-28(30,31)26(32)17-24(33-23-12-8-7-11-22(23)29)19-13-15-21(16-14-19)27(36)34(2)18-25(35)20-9-5-4-6-10-20/h4-16,24-25,32-33,35H,3,17-18H2,1-2H3. The van der Waals surface area contributed by atoms with Gasteiger partial charge in [0.2, 0.25) is 0 Å². The van der Waals surface area contributed by atoms with Crippen molar-refractivity contribution in [3.05, 3.63) is 101 Å². The molecule has 3 aromatic rings. The number of halogens is 3. The molecule has 0 aromatic heterocycles. The van der Waals surface area contributed by atoms with E-state index in [9.17, 15) is 18.7 Å². The van der Waals surface area contributed by atoms with Crippen LogP contribution in [0.4, 0.5) is 14.5 Å². The number of carbonyl (C=O) groups is 1. The highest BCUT2D eigenvalue weighted by Crippen LogP contribution is 2.31. The highest BCUT2D eigenvalue weighted by molar-refractivity contribution is 6.33. The van der Waals surface area contributed by atoms with Crippen molar-refractivity contribution in [3.63, 3.8) is 0 Å². The topological polar surface area (TPSA) is 76.4 Å². The second kappa shape index (κ2) is 12.1. The monoisotopic (exact) mass is 513 g/mol. The molecule has 0 bridgehead atoms. The molecule has 0 saturated carbocycles. The molecule has 0 aliphatic rings. The zero-order valence-electron chi connectivity index (χ0n) is 20.2. The zero-order chi connectivity index (χ0) is 26.3. The molecule has 190 valence electrons. The maximum Gasteiger partial charge on any atom is 0.285 e. The second-order valence-electron chi connectivity index (χ2n) is 8.65. The second-order valence-corrected chi connectivity index (χ2v) is 9.06. The Balaban J connectivity index is 1.78. The van der Waals surface area contributed by atoms with E-state index >= 15 is 0 Å². The number of nitrogens with zero attached hydrogens (tertiary/aromatic N) is 1. The van der Waals surface area contributed by atoms with Crippen molar-refractivity contribution in [3.8, 4) is 0 Å². The van der Waals surface area contributed by atoms with Crippen LogP contribution < -0.4 is 5.32 Å². The molecule has 0 radical (unpaired) electrons. The first-order valence-corrected chi connectivity index (χ1v) is 12.1. The number of nitrogens with one attached hydrogen (secondary N) is 2. The number of aliphatic hydroxyl groups excluding tert-OH is 1. The van der Waals surface area contributed by atoms with Gasteiger partial charge >= 0.3 is 0 Å². The quantitative estimate of drug-likeness (QED) is 0.248. The first kappa shape index (κ1) is 27.3. The van der Waals surface area contributed by atoms with Gasteiger partial charge in [0, 0.05) is 25.5 Å². The SMILES string of the molecule is CCC(F)(F)C(=N)CC(Nc1ccccc1Cl)c1ccc(C(=O)N(C)CC(O)c2ccccc2)cc1. The number of amides is 1. The van der Waals surface area contributed by atoms with Crippen LogP contribution in [0, 0.1) is 5.41 Å². The van der Waals surface area contributed by atoms with Crippen LogP contribution in [0.2, 0.25) is 5.02 Å². The van der Waals surface area contributed by atoms with Gasteiger partial charge in [-0.25, -0.2) is 8.78 Å². The molecule has 2 unspecified atom stereocenters. The zero-order valence-corrected chi connectivity index (χ0v) is 21.0. The maximum atomic E-state index is 14.2. The number of alkyl halides is 2. The lowest BCUT2D eigenvalue weighted by Gasteiger charge is -2.25. The first-order chi connectivity index (χ1) is 17.1. The molecule has 0 heterocycles. The summed E-state index contributed by atoms with van der Waals surface area (Å²) in [7, 11) is 1.61. The minimum Gasteiger partial charge on any atom is -0.387 e. The van der Waals surface area contributed by atoms with Gasteiger partial charge in [-0.3, -0.25) is 4.79 Å². The van der Waals surface area contributed by atoms with Crippen LogP contribution in [0.3, 0.4) is 0 Å². The lowest BCUT2D eigenvalue weighted by Crippen LogP contribution is -2.31. The lowest BCUT2D eigenvalue weighted by molar-refractivity contribution is 0.0680. The van der Waals surface area contributed by atoms with E-state index in [0.29, 0.717) is 27.4 Å². The summed E-state index contributed by atoms with van der Waals surface area (Å²) in [6.45, 7) is 1.46. The Morgan fingerprint density at radius 3 is 2.25 bits per heavy atom. The van der Waals surface area contributed by atoms with Gasteiger partial charge in [0.05, 0.1) is 35.1 Å². The number of aliphatic hydroxyl groups is 1. The van der Waals surface area contributed by atoms with E-state index in [2.05, 4.69) is 5.32 Å². The Bertz CT molecular complexity index is 1170. The van der Waals surface area contributed by atoms with Gasteiger partial charge in [-0.1, -0.05) is 73.1 Å². The van der Waals surface area contributed by atoms with E-state index in [4.69, 9.17) is 17.0 Å². The van der Waals surface area contributed by atoms with Crippen molar-refractivity contribution >= 4 is 28.9 Å². The van der Waals surface area contributed by atoms with Gasteiger partial charge in [0.15, 0.2) is 0 Å². The van der Waals surface area contributed by atoms with Crippen molar-refractivity contribution in [1.82, 2.24) is 4.90 Å².